The number of imidazole rings is 1. The molecule has 280 valence electrons. The van der Waals surface area contributed by atoms with Crippen molar-refractivity contribution in [2.24, 2.45) is 17.4 Å². The number of amides is 4. The highest BCUT2D eigenvalue weighted by Gasteiger charge is 2.35. The Hall–Kier alpha value is -4.75. The molecule has 5 atom stereocenters. The van der Waals surface area contributed by atoms with E-state index in [-0.39, 0.29) is 32.1 Å². The van der Waals surface area contributed by atoms with Crippen molar-refractivity contribution in [3.8, 4) is 0 Å². The molecular formula is C31H50N8O11. The molecule has 0 bridgehead atoms. The van der Waals surface area contributed by atoms with Gasteiger partial charge in [-0.2, -0.15) is 0 Å². The lowest BCUT2D eigenvalue weighted by Crippen LogP contribution is -2.61. The molecule has 0 fully saturated rings. The van der Waals surface area contributed by atoms with E-state index in [2.05, 4.69) is 31.2 Å². The van der Waals surface area contributed by atoms with Crippen LogP contribution in [0.1, 0.15) is 77.8 Å². The lowest BCUT2D eigenvalue weighted by Gasteiger charge is -2.29. The number of nitrogens with two attached hydrogens (primary N) is 2. The molecule has 12 N–H and O–H groups in total. The summed E-state index contributed by atoms with van der Waals surface area (Å²) < 4.78 is 0. The van der Waals surface area contributed by atoms with E-state index in [0.717, 1.165) is 0 Å². The number of rotatable bonds is 25. The number of carbonyl (C=O) groups excluding carboxylic acids is 6. The summed E-state index contributed by atoms with van der Waals surface area (Å²) in [7, 11) is 0. The number of ketones is 2. The normalized spacial score (nSPS) is 14.3. The maximum absolute atomic E-state index is 13.1. The van der Waals surface area contributed by atoms with E-state index in [0.29, 0.717) is 25.1 Å². The summed E-state index contributed by atoms with van der Waals surface area (Å²) in [5, 5.41) is 37.8. The first-order valence-electron chi connectivity index (χ1n) is 16.2. The Labute approximate surface area is 289 Å². The van der Waals surface area contributed by atoms with Gasteiger partial charge in [-0.25, -0.2) is 4.98 Å². The number of Topliss-reactive ketones (excluding diaryl/α,β-unsaturated/α-hetero) is 2. The minimum Gasteiger partial charge on any atom is -0.481 e. The summed E-state index contributed by atoms with van der Waals surface area (Å²) in [6.07, 6.45) is 0.872. The van der Waals surface area contributed by atoms with E-state index >= 15 is 0 Å². The third-order valence-electron chi connectivity index (χ3n) is 7.67. The van der Waals surface area contributed by atoms with Gasteiger partial charge in [-0.3, -0.25) is 38.4 Å². The van der Waals surface area contributed by atoms with E-state index in [1.165, 1.54) is 33.3 Å². The zero-order chi connectivity index (χ0) is 38.0. The molecule has 0 aliphatic heterocycles. The summed E-state index contributed by atoms with van der Waals surface area (Å²) in [4.78, 5) is 106. The number of nitrogens with one attached hydrogen (secondary N) is 5. The van der Waals surface area contributed by atoms with Gasteiger partial charge in [0.1, 0.15) is 23.4 Å². The van der Waals surface area contributed by atoms with Gasteiger partial charge in [-0.15, -0.1) is 0 Å². The van der Waals surface area contributed by atoms with Crippen LogP contribution in [0, 0.1) is 5.92 Å². The van der Waals surface area contributed by atoms with Crippen LogP contribution in [-0.4, -0.2) is 115 Å². The van der Waals surface area contributed by atoms with Crippen LogP contribution in [0.15, 0.2) is 12.5 Å². The SMILES string of the molecule is C[C@@H](O)[C@H](NC(=O)CNC(=O)[C@H](CCC(=O)O)NC(=O)C(C)(C)NC(=O)[C@@H](N)Cc1cnc[nH]1)C(=O)C[C@@H](CCCCN)C(=O)CCC(=O)O. The highest BCUT2D eigenvalue weighted by molar-refractivity contribution is 5.97. The van der Waals surface area contributed by atoms with Crippen LogP contribution in [-0.2, 0) is 44.8 Å². The molecular weight excluding hydrogens is 660 g/mol. The van der Waals surface area contributed by atoms with Gasteiger partial charge in [0.05, 0.1) is 31.4 Å². The second-order valence-electron chi connectivity index (χ2n) is 12.5. The van der Waals surface area contributed by atoms with Crippen molar-refractivity contribution in [3.05, 3.63) is 18.2 Å². The van der Waals surface area contributed by atoms with Crippen LogP contribution in [0.4, 0.5) is 0 Å². The van der Waals surface area contributed by atoms with Gasteiger partial charge >= 0.3 is 11.9 Å². The second-order valence-corrected chi connectivity index (χ2v) is 12.5. The number of aromatic amines is 1. The topological polar surface area (TPSA) is 326 Å². The highest BCUT2D eigenvalue weighted by Crippen LogP contribution is 2.19. The first-order chi connectivity index (χ1) is 23.4. The van der Waals surface area contributed by atoms with Crippen LogP contribution in [0.5, 0.6) is 0 Å². The summed E-state index contributed by atoms with van der Waals surface area (Å²) in [6.45, 7) is 3.53. The maximum atomic E-state index is 13.1. The predicted octanol–water partition coefficient (Wildman–Crippen LogP) is -2.36. The largest absolute Gasteiger partial charge is 0.481 e. The Balaban J connectivity index is 2.90. The monoisotopic (exact) mass is 710 g/mol. The fourth-order valence-corrected chi connectivity index (χ4v) is 4.76. The minimum absolute atomic E-state index is 0.0943. The third-order valence-corrected chi connectivity index (χ3v) is 7.67. The smallest absolute Gasteiger partial charge is 0.303 e. The van der Waals surface area contributed by atoms with Crippen molar-refractivity contribution in [2.45, 2.75) is 108 Å². The molecule has 1 aromatic rings. The predicted molar refractivity (Wildman–Crippen MR) is 176 cm³/mol. The lowest BCUT2D eigenvalue weighted by molar-refractivity contribution is -0.139. The number of nitrogens with zero attached hydrogens (tertiary/aromatic N) is 1. The molecule has 1 heterocycles. The number of carboxylic acids is 2. The molecule has 1 rings (SSSR count). The van der Waals surface area contributed by atoms with Crippen molar-refractivity contribution in [1.82, 2.24) is 31.2 Å². The summed E-state index contributed by atoms with van der Waals surface area (Å²) in [6, 6.07) is -3.99. The standard InChI is InChI=1S/C31H50N8O11/c1-17(40)27(23(42)12-18(6-4-5-11-32)22(41)8-10-26(46)47)38-24(43)15-35-29(49)21(7-9-25(44)45)37-30(50)31(2,3)39-28(48)20(33)13-19-14-34-16-36-19/h14,16-18,20-21,27,40H,4-13,15,32-33H2,1-3H3,(H,34,36)(H,35,49)(H,37,50)(H,38,43)(H,39,48)(H,44,45)(H,46,47)/t17-,18-,20+,21+,27+/m1/s1. The molecule has 0 spiro atoms. The fourth-order valence-electron chi connectivity index (χ4n) is 4.76. The van der Waals surface area contributed by atoms with E-state index in [1.54, 1.807) is 0 Å². The van der Waals surface area contributed by atoms with Gasteiger partial charge in [0.15, 0.2) is 5.78 Å². The molecule has 19 nitrogen and oxygen atoms in total. The van der Waals surface area contributed by atoms with Gasteiger partial charge in [-0.05, 0) is 46.6 Å². The molecule has 0 saturated heterocycles. The number of aromatic nitrogens is 2. The van der Waals surface area contributed by atoms with Crippen LogP contribution >= 0.6 is 0 Å². The summed E-state index contributed by atoms with van der Waals surface area (Å²) in [5.41, 5.74) is 10.4. The number of aliphatic hydroxyl groups is 1. The van der Waals surface area contributed by atoms with Gasteiger partial charge in [-0.1, -0.05) is 6.42 Å². The zero-order valence-electron chi connectivity index (χ0n) is 28.5. The van der Waals surface area contributed by atoms with Gasteiger partial charge in [0, 0.05) is 43.5 Å². The Kier molecular flexibility index (Phi) is 18.5. The van der Waals surface area contributed by atoms with Crippen LogP contribution < -0.4 is 32.7 Å². The van der Waals surface area contributed by atoms with Gasteiger partial charge < -0.3 is 53.0 Å². The van der Waals surface area contributed by atoms with Gasteiger partial charge in [0.2, 0.25) is 23.6 Å². The third kappa shape index (κ3) is 16.1. The van der Waals surface area contributed by atoms with Crippen LogP contribution in [0.3, 0.4) is 0 Å². The molecule has 0 aromatic carbocycles. The summed E-state index contributed by atoms with van der Waals surface area (Å²) in [5.74, 6) is -7.85. The van der Waals surface area contributed by atoms with E-state index in [9.17, 15) is 43.5 Å². The van der Waals surface area contributed by atoms with E-state index in [4.69, 9.17) is 21.7 Å². The fraction of sp³-hybridized carbons (Fsp3) is 0.645. The van der Waals surface area contributed by atoms with Crippen molar-refractivity contribution >= 4 is 47.1 Å². The van der Waals surface area contributed by atoms with Crippen molar-refractivity contribution < 1.29 is 53.7 Å². The first kappa shape index (κ1) is 43.3. The molecule has 0 unspecified atom stereocenters. The molecule has 4 amide bonds. The number of carboxylic acid groups (broad SMARTS) is 2. The van der Waals surface area contributed by atoms with Crippen LogP contribution in [0.25, 0.3) is 0 Å². The van der Waals surface area contributed by atoms with E-state index in [1.807, 2.05) is 0 Å². The van der Waals surface area contributed by atoms with Gasteiger partial charge in [0.25, 0.3) is 0 Å². The Bertz CT molecular complexity index is 1330. The number of hydrogen-bond acceptors (Lipinski definition) is 12. The van der Waals surface area contributed by atoms with Crippen molar-refractivity contribution in [2.75, 3.05) is 13.1 Å². The zero-order valence-corrected chi connectivity index (χ0v) is 28.5. The molecule has 0 aliphatic carbocycles. The molecule has 0 saturated carbocycles. The first-order valence-corrected chi connectivity index (χ1v) is 16.2. The van der Waals surface area contributed by atoms with Crippen molar-refractivity contribution in [1.29, 1.82) is 0 Å². The number of carbonyl (C=O) groups is 8. The molecule has 0 radical (unpaired) electrons. The second kappa shape index (κ2) is 21.4. The Morgan fingerprint density at radius 3 is 2.14 bits per heavy atom. The number of aliphatic carboxylic acids is 2. The summed E-state index contributed by atoms with van der Waals surface area (Å²) >= 11 is 0. The molecule has 50 heavy (non-hydrogen) atoms. The molecule has 0 aliphatic rings. The molecule has 19 heteroatoms. The van der Waals surface area contributed by atoms with Crippen molar-refractivity contribution in [3.63, 3.8) is 0 Å². The number of unbranched alkanes of at least 4 members (excludes halogenated alkanes) is 1. The number of aliphatic hydroxyl groups excluding tert-OH is 1. The average molecular weight is 711 g/mol. The number of H-pyrrole nitrogens is 1. The minimum atomic E-state index is -1.61. The average Bonchev–Trinajstić information content (AvgIpc) is 3.55. The quantitative estimate of drug-likeness (QED) is 0.0475. The Morgan fingerprint density at radius 2 is 1.58 bits per heavy atom. The van der Waals surface area contributed by atoms with Crippen LogP contribution in [0.2, 0.25) is 0 Å². The maximum Gasteiger partial charge on any atom is 0.303 e. The lowest BCUT2D eigenvalue weighted by atomic mass is 9.87. The Morgan fingerprint density at radius 1 is 0.920 bits per heavy atom. The molecule has 1 aromatic heterocycles. The van der Waals surface area contributed by atoms with E-state index < -0.39 is 102 Å². The highest BCUT2D eigenvalue weighted by atomic mass is 16.4. The number of hydrogen-bond donors (Lipinski definition) is 10.